The van der Waals surface area contributed by atoms with Gasteiger partial charge in [-0.1, -0.05) is 13.8 Å². The lowest BCUT2D eigenvalue weighted by molar-refractivity contribution is -0.113. The van der Waals surface area contributed by atoms with Crippen molar-refractivity contribution in [3.63, 3.8) is 0 Å². The summed E-state index contributed by atoms with van der Waals surface area (Å²) in [5.41, 5.74) is 2.88. The Morgan fingerprint density at radius 2 is 1.95 bits per heavy atom. The summed E-state index contributed by atoms with van der Waals surface area (Å²) in [5.74, 6) is 0.798. The molecule has 10 heteroatoms. The van der Waals surface area contributed by atoms with Gasteiger partial charge in [0.1, 0.15) is 17.3 Å². The smallest absolute Gasteiger partial charge is 0.251 e. The van der Waals surface area contributed by atoms with Crippen molar-refractivity contribution in [2.75, 3.05) is 40.5 Å². The van der Waals surface area contributed by atoms with Crippen LogP contribution in [0.4, 0.5) is 4.39 Å². The summed E-state index contributed by atoms with van der Waals surface area (Å²) in [4.78, 5) is 29.6. The molecule has 1 amide bonds. The summed E-state index contributed by atoms with van der Waals surface area (Å²) < 4.78 is 37.3. The molecule has 42 heavy (non-hydrogen) atoms. The fraction of sp³-hybridized carbons (Fsp3) is 0.406. The molecule has 9 nitrogen and oxygen atoms in total. The number of carbonyl (C=O) groups is 2. The van der Waals surface area contributed by atoms with E-state index in [1.165, 1.54) is 13.2 Å². The van der Waals surface area contributed by atoms with Crippen molar-refractivity contribution in [3.05, 3.63) is 70.7 Å². The van der Waals surface area contributed by atoms with E-state index in [1.54, 1.807) is 44.3 Å². The number of aromatic nitrogens is 1. The highest BCUT2D eigenvalue weighted by molar-refractivity contribution is 5.95. The summed E-state index contributed by atoms with van der Waals surface area (Å²) in [5, 5.41) is 5.96. The number of benzene rings is 2. The lowest BCUT2D eigenvalue weighted by Crippen LogP contribution is -2.34. The van der Waals surface area contributed by atoms with Gasteiger partial charge in [0.2, 0.25) is 0 Å². The number of ether oxygens (including phenoxy) is 4. The number of nitrogens with one attached hydrogen (secondary N) is 2. The zero-order valence-electron chi connectivity index (χ0n) is 24.5. The molecule has 0 aliphatic carbocycles. The molecule has 1 saturated heterocycles. The van der Waals surface area contributed by atoms with Crippen LogP contribution in [0.1, 0.15) is 47.4 Å². The number of pyridine rings is 1. The molecular weight excluding hydrogens is 541 g/mol. The van der Waals surface area contributed by atoms with Crippen molar-refractivity contribution < 1.29 is 32.9 Å². The predicted octanol–water partition coefficient (Wildman–Crippen LogP) is 4.09. The molecule has 2 aliphatic rings. The molecule has 1 aromatic heterocycles. The lowest BCUT2D eigenvalue weighted by atomic mass is 9.85. The Kier molecular flexibility index (Phi) is 8.21. The number of carbonyl (C=O) groups excluding carboxylic acids is 2. The van der Waals surface area contributed by atoms with Crippen molar-refractivity contribution >= 4 is 12.2 Å². The third-order valence-corrected chi connectivity index (χ3v) is 7.74. The Labute approximate surface area is 244 Å². The van der Waals surface area contributed by atoms with E-state index >= 15 is 0 Å². The molecule has 0 spiro atoms. The minimum atomic E-state index is -0.801. The molecule has 3 aromatic rings. The number of rotatable bonds is 12. The molecule has 222 valence electrons. The number of halogens is 1. The van der Waals surface area contributed by atoms with Crippen LogP contribution in [0.15, 0.2) is 42.5 Å². The van der Waals surface area contributed by atoms with E-state index in [0.717, 1.165) is 17.4 Å². The molecule has 2 atom stereocenters. The number of fused-ring (bicyclic) bond motifs is 1. The van der Waals surface area contributed by atoms with Crippen LogP contribution in [0.2, 0.25) is 0 Å². The fourth-order valence-electron chi connectivity index (χ4n) is 5.00. The molecule has 2 aromatic carbocycles. The van der Waals surface area contributed by atoms with Crippen LogP contribution < -0.4 is 24.8 Å². The zero-order valence-corrected chi connectivity index (χ0v) is 24.5. The maximum atomic E-state index is 14.0. The second-order valence-electron chi connectivity index (χ2n) is 11.4. The number of methoxy groups -OCH3 is 1. The molecule has 3 heterocycles. The van der Waals surface area contributed by atoms with E-state index < -0.39 is 11.7 Å². The van der Waals surface area contributed by atoms with Crippen molar-refractivity contribution in [1.82, 2.24) is 15.6 Å². The van der Waals surface area contributed by atoms with Gasteiger partial charge in [0.05, 0.1) is 32.6 Å². The normalized spacial score (nSPS) is 18.9. The fourth-order valence-corrected chi connectivity index (χ4v) is 5.00. The Bertz CT molecular complexity index is 1500. The van der Waals surface area contributed by atoms with Crippen LogP contribution in [-0.4, -0.2) is 63.7 Å². The van der Waals surface area contributed by atoms with Gasteiger partial charge in [-0.3, -0.25) is 9.59 Å². The molecule has 2 aliphatic heterocycles. The third-order valence-electron chi connectivity index (χ3n) is 7.74. The van der Waals surface area contributed by atoms with Gasteiger partial charge < -0.3 is 29.6 Å². The van der Waals surface area contributed by atoms with E-state index in [2.05, 4.69) is 24.5 Å². The second-order valence-corrected chi connectivity index (χ2v) is 11.4. The second kappa shape index (κ2) is 11.7. The van der Waals surface area contributed by atoms with Crippen LogP contribution >= 0.6 is 0 Å². The number of hydrogen-bond acceptors (Lipinski definition) is 8. The Hall–Kier alpha value is -4.02. The average molecular weight is 578 g/mol. The average Bonchev–Trinajstić information content (AvgIpc) is 3.72. The zero-order chi connectivity index (χ0) is 30.1. The highest BCUT2D eigenvalue weighted by Gasteiger charge is 2.50. The minimum Gasteiger partial charge on any atom is -0.493 e. The highest BCUT2D eigenvalue weighted by Crippen LogP contribution is 2.48. The molecule has 5 rings (SSSR count). The monoisotopic (exact) mass is 577 g/mol. The van der Waals surface area contributed by atoms with Crippen LogP contribution in [0.5, 0.6) is 17.2 Å². The molecule has 2 unspecified atom stereocenters. The van der Waals surface area contributed by atoms with Gasteiger partial charge in [-0.2, -0.15) is 0 Å². The summed E-state index contributed by atoms with van der Waals surface area (Å²) >= 11 is 0. The number of nitrogens with zero attached hydrogens (tertiary/aromatic N) is 1. The van der Waals surface area contributed by atoms with Crippen LogP contribution in [-0.2, 0) is 20.5 Å². The van der Waals surface area contributed by atoms with Crippen LogP contribution in [0.25, 0.3) is 11.3 Å². The molecule has 1 fully saturated rings. The van der Waals surface area contributed by atoms with Crippen molar-refractivity contribution in [3.8, 4) is 28.5 Å². The van der Waals surface area contributed by atoms with E-state index in [9.17, 15) is 14.0 Å². The van der Waals surface area contributed by atoms with E-state index in [-0.39, 0.29) is 23.7 Å². The SMILES string of the molecule is CNCCC(C=O)Oc1ccc(C(=O)NCC2(c3cc4c(c(-c5ccc(F)c(C)c5)n3)OCC4(C)C)CO2)cc1OC. The van der Waals surface area contributed by atoms with Gasteiger partial charge in [-0.25, -0.2) is 9.37 Å². The quantitative estimate of drug-likeness (QED) is 0.245. The highest BCUT2D eigenvalue weighted by atomic mass is 19.1. The largest absolute Gasteiger partial charge is 0.493 e. The maximum absolute atomic E-state index is 14.0. The first-order valence-electron chi connectivity index (χ1n) is 13.9. The van der Waals surface area contributed by atoms with Crippen LogP contribution in [0, 0.1) is 12.7 Å². The van der Waals surface area contributed by atoms with Gasteiger partial charge in [-0.15, -0.1) is 0 Å². The summed E-state index contributed by atoms with van der Waals surface area (Å²) in [6.07, 6.45) is 0.600. The van der Waals surface area contributed by atoms with E-state index in [1.807, 2.05) is 6.07 Å². The lowest BCUT2D eigenvalue weighted by Gasteiger charge is -2.20. The topological polar surface area (TPSA) is 111 Å². The van der Waals surface area contributed by atoms with E-state index in [4.69, 9.17) is 23.9 Å². The van der Waals surface area contributed by atoms with Gasteiger partial charge in [0, 0.05) is 28.5 Å². The third kappa shape index (κ3) is 5.82. The van der Waals surface area contributed by atoms with Gasteiger partial charge in [-0.05, 0) is 68.5 Å². The van der Waals surface area contributed by atoms with Gasteiger partial charge >= 0.3 is 0 Å². The molecular formula is C32H36FN3O6. The first-order chi connectivity index (χ1) is 20.1. The number of aryl methyl sites for hydroxylation is 1. The van der Waals surface area contributed by atoms with Crippen LogP contribution in [0.3, 0.4) is 0 Å². The molecule has 0 bridgehead atoms. The standard InChI is InChI=1S/C32H36FN3O6/c1-19-12-20(6-8-24(19)33)28-29-23(31(2,3)17-40-29)14-27(36-28)32(18-41-32)16-35-30(38)21-7-9-25(26(13-21)39-5)42-22(15-37)10-11-34-4/h6-9,12-15,22,34H,10-11,16-18H2,1-5H3,(H,35,38). The number of epoxide rings is 1. The molecule has 2 N–H and O–H groups in total. The number of hydrogen-bond donors (Lipinski definition) is 2. The first kappa shape index (κ1) is 29.5. The van der Waals surface area contributed by atoms with Crippen molar-refractivity contribution in [2.45, 2.75) is 44.3 Å². The van der Waals surface area contributed by atoms with Gasteiger partial charge in [0.15, 0.2) is 29.5 Å². The predicted molar refractivity (Wildman–Crippen MR) is 155 cm³/mol. The first-order valence-corrected chi connectivity index (χ1v) is 13.9. The van der Waals surface area contributed by atoms with E-state index in [0.29, 0.717) is 65.9 Å². The summed E-state index contributed by atoms with van der Waals surface area (Å²) in [6, 6.07) is 11.7. The van der Waals surface area contributed by atoms with Crippen molar-refractivity contribution in [1.29, 1.82) is 0 Å². The Balaban J connectivity index is 1.37. The Morgan fingerprint density at radius 1 is 1.17 bits per heavy atom. The maximum Gasteiger partial charge on any atom is 0.251 e. The van der Waals surface area contributed by atoms with Crippen molar-refractivity contribution in [2.24, 2.45) is 0 Å². The Morgan fingerprint density at radius 3 is 2.62 bits per heavy atom. The number of amides is 1. The summed E-state index contributed by atoms with van der Waals surface area (Å²) in [6.45, 7) is 7.61. The molecule has 0 radical (unpaired) electrons. The minimum absolute atomic E-state index is 0.193. The molecule has 0 saturated carbocycles. The van der Waals surface area contributed by atoms with Gasteiger partial charge in [0.25, 0.3) is 5.91 Å². The summed E-state index contributed by atoms with van der Waals surface area (Å²) in [7, 11) is 3.28. The number of aldehydes is 1.